The lowest BCUT2D eigenvalue weighted by atomic mass is 9.81. The second kappa shape index (κ2) is 6.00. The number of carbonyl (C=O) groups is 2. The van der Waals surface area contributed by atoms with Crippen molar-refractivity contribution in [3.63, 3.8) is 0 Å². The summed E-state index contributed by atoms with van der Waals surface area (Å²) in [5.74, 6) is -1.48. The molecule has 7 heteroatoms. The fourth-order valence-corrected chi connectivity index (χ4v) is 3.89. The van der Waals surface area contributed by atoms with E-state index in [0.29, 0.717) is 19.6 Å². The number of aliphatic carboxylic acids is 1. The highest BCUT2D eigenvalue weighted by atomic mass is 16.4. The van der Waals surface area contributed by atoms with E-state index in [1.807, 2.05) is 16.9 Å². The molecule has 0 unspecified atom stereocenters. The van der Waals surface area contributed by atoms with Gasteiger partial charge in [-0.1, -0.05) is 24.3 Å². The summed E-state index contributed by atoms with van der Waals surface area (Å²) in [7, 11) is 0. The zero-order chi connectivity index (χ0) is 17.4. The van der Waals surface area contributed by atoms with Gasteiger partial charge in [-0.3, -0.25) is 19.2 Å². The molecule has 3 heterocycles. The first kappa shape index (κ1) is 15.8. The molecule has 2 aliphatic rings. The van der Waals surface area contributed by atoms with Crippen LogP contribution in [-0.2, 0) is 22.7 Å². The minimum Gasteiger partial charge on any atom is -0.481 e. The van der Waals surface area contributed by atoms with Crippen LogP contribution >= 0.6 is 0 Å². The van der Waals surface area contributed by atoms with Gasteiger partial charge in [0.15, 0.2) is 0 Å². The van der Waals surface area contributed by atoms with Crippen molar-refractivity contribution in [2.45, 2.75) is 13.1 Å². The molecule has 25 heavy (non-hydrogen) atoms. The second-order valence-electron chi connectivity index (χ2n) is 6.92. The Bertz CT molecular complexity index is 787. The highest BCUT2D eigenvalue weighted by molar-refractivity contribution is 5.92. The van der Waals surface area contributed by atoms with Gasteiger partial charge in [-0.15, -0.1) is 0 Å². The van der Waals surface area contributed by atoms with Gasteiger partial charge in [0.1, 0.15) is 5.41 Å². The number of fused-ring (bicyclic) bond motifs is 1. The maximum Gasteiger partial charge on any atom is 0.313 e. The third-order valence-corrected chi connectivity index (χ3v) is 5.27. The van der Waals surface area contributed by atoms with Crippen LogP contribution in [0, 0.1) is 11.3 Å². The number of nitrogens with zero attached hydrogens (tertiary/aromatic N) is 3. The lowest BCUT2D eigenvalue weighted by molar-refractivity contribution is -0.149. The Morgan fingerprint density at radius 1 is 1.28 bits per heavy atom. The van der Waals surface area contributed by atoms with Crippen molar-refractivity contribution in [1.29, 1.82) is 0 Å². The van der Waals surface area contributed by atoms with E-state index in [0.717, 1.165) is 17.7 Å². The van der Waals surface area contributed by atoms with Gasteiger partial charge >= 0.3 is 5.97 Å². The number of carboxylic acids is 1. The molecule has 2 saturated heterocycles. The number of aromatic nitrogens is 2. The minimum absolute atomic E-state index is 0.139. The lowest BCUT2D eigenvalue weighted by Crippen LogP contribution is -2.40. The maximum atomic E-state index is 12.0. The molecule has 2 atom stereocenters. The molecule has 0 saturated carbocycles. The first-order chi connectivity index (χ1) is 12.1. The molecular weight excluding hydrogens is 320 g/mol. The number of hydrogen-bond donors (Lipinski definition) is 2. The summed E-state index contributed by atoms with van der Waals surface area (Å²) in [6.45, 7) is 2.50. The Kier molecular flexibility index (Phi) is 3.80. The van der Waals surface area contributed by atoms with E-state index < -0.39 is 17.3 Å². The van der Waals surface area contributed by atoms with Gasteiger partial charge in [0.05, 0.1) is 12.5 Å². The van der Waals surface area contributed by atoms with Crippen molar-refractivity contribution in [2.75, 3.05) is 19.6 Å². The first-order valence-electron chi connectivity index (χ1n) is 8.35. The normalized spacial score (nSPS) is 25.8. The van der Waals surface area contributed by atoms with Crippen molar-refractivity contribution in [2.24, 2.45) is 11.3 Å². The monoisotopic (exact) mass is 340 g/mol. The molecule has 2 aromatic rings. The Hall–Kier alpha value is -2.67. The van der Waals surface area contributed by atoms with Crippen LogP contribution in [-0.4, -0.2) is 51.3 Å². The Morgan fingerprint density at radius 3 is 2.60 bits per heavy atom. The van der Waals surface area contributed by atoms with Gasteiger partial charge in [-0.05, 0) is 17.2 Å². The van der Waals surface area contributed by atoms with Crippen molar-refractivity contribution in [3.8, 4) is 0 Å². The molecule has 0 spiro atoms. The summed E-state index contributed by atoms with van der Waals surface area (Å²) >= 11 is 0. The van der Waals surface area contributed by atoms with Crippen LogP contribution in [0.15, 0.2) is 42.7 Å². The van der Waals surface area contributed by atoms with Crippen LogP contribution in [0.5, 0.6) is 0 Å². The zero-order valence-corrected chi connectivity index (χ0v) is 13.8. The van der Waals surface area contributed by atoms with E-state index in [1.54, 1.807) is 6.20 Å². The predicted octanol–water partition coefficient (Wildman–Crippen LogP) is 0.564. The zero-order valence-electron chi connectivity index (χ0n) is 13.8. The average molecular weight is 340 g/mol. The van der Waals surface area contributed by atoms with E-state index in [9.17, 15) is 14.7 Å². The van der Waals surface area contributed by atoms with Crippen molar-refractivity contribution >= 4 is 11.9 Å². The smallest absolute Gasteiger partial charge is 0.313 e. The van der Waals surface area contributed by atoms with Crippen LogP contribution < -0.4 is 5.32 Å². The van der Waals surface area contributed by atoms with E-state index in [2.05, 4.69) is 39.6 Å². The summed E-state index contributed by atoms with van der Waals surface area (Å²) in [5.41, 5.74) is 1.30. The fourth-order valence-electron chi connectivity index (χ4n) is 3.89. The molecule has 2 fully saturated rings. The minimum atomic E-state index is -0.975. The maximum absolute atomic E-state index is 12.0. The van der Waals surface area contributed by atoms with Crippen LogP contribution in [0.2, 0.25) is 0 Å². The molecule has 0 aliphatic carbocycles. The SMILES string of the molecule is O=C1NC[C@]2(C(=O)O)CN(Cc3ccc(Cn4cccn4)cc3)C[C@H]12. The third-order valence-electron chi connectivity index (χ3n) is 5.27. The van der Waals surface area contributed by atoms with Crippen LogP contribution in [0.3, 0.4) is 0 Å². The first-order valence-corrected chi connectivity index (χ1v) is 8.35. The van der Waals surface area contributed by atoms with Crippen molar-refractivity contribution < 1.29 is 14.7 Å². The Morgan fingerprint density at radius 2 is 2.00 bits per heavy atom. The third kappa shape index (κ3) is 2.80. The molecule has 1 aromatic carbocycles. The van der Waals surface area contributed by atoms with Crippen molar-refractivity contribution in [1.82, 2.24) is 20.0 Å². The number of carbonyl (C=O) groups excluding carboxylic acids is 1. The number of hydrogen-bond acceptors (Lipinski definition) is 4. The number of benzene rings is 1. The van der Waals surface area contributed by atoms with E-state index in [-0.39, 0.29) is 12.5 Å². The van der Waals surface area contributed by atoms with E-state index in [4.69, 9.17) is 0 Å². The fraction of sp³-hybridized carbons (Fsp3) is 0.389. The van der Waals surface area contributed by atoms with Gasteiger partial charge in [0, 0.05) is 38.6 Å². The van der Waals surface area contributed by atoms with Crippen LogP contribution in [0.4, 0.5) is 0 Å². The number of likely N-dealkylation sites (tertiary alicyclic amines) is 1. The molecule has 4 rings (SSSR count). The molecule has 2 N–H and O–H groups in total. The largest absolute Gasteiger partial charge is 0.481 e. The highest BCUT2D eigenvalue weighted by Crippen LogP contribution is 2.40. The average Bonchev–Trinajstić information content (AvgIpc) is 3.28. The highest BCUT2D eigenvalue weighted by Gasteiger charge is 2.59. The molecule has 2 aliphatic heterocycles. The van der Waals surface area contributed by atoms with E-state index >= 15 is 0 Å². The van der Waals surface area contributed by atoms with Gasteiger partial charge in [-0.2, -0.15) is 5.10 Å². The lowest BCUT2D eigenvalue weighted by Gasteiger charge is -2.22. The molecule has 0 radical (unpaired) electrons. The predicted molar refractivity (Wildman–Crippen MR) is 89.6 cm³/mol. The number of rotatable bonds is 5. The standard InChI is InChI=1S/C18H20N4O3/c23-16-15-10-21(12-18(15,11-19-16)17(24)25)8-13-2-4-14(5-3-13)9-22-7-1-6-20-22/h1-7,15H,8-12H2,(H,19,23)(H,24,25)/t15-,18+/m1/s1. The topological polar surface area (TPSA) is 87.5 Å². The Balaban J connectivity index is 1.43. The van der Waals surface area contributed by atoms with Gasteiger partial charge in [-0.25, -0.2) is 0 Å². The van der Waals surface area contributed by atoms with Gasteiger partial charge in [0.25, 0.3) is 0 Å². The molecule has 1 amide bonds. The molecule has 1 aromatic heterocycles. The summed E-state index contributed by atoms with van der Waals surface area (Å²) in [6, 6.07) is 10.1. The number of nitrogens with one attached hydrogen (secondary N) is 1. The summed E-state index contributed by atoms with van der Waals surface area (Å²) in [6.07, 6.45) is 3.68. The molecule has 0 bridgehead atoms. The summed E-state index contributed by atoms with van der Waals surface area (Å²) < 4.78 is 1.87. The quantitative estimate of drug-likeness (QED) is 0.831. The summed E-state index contributed by atoms with van der Waals surface area (Å²) in [5, 5.41) is 16.5. The van der Waals surface area contributed by atoms with Crippen LogP contribution in [0.1, 0.15) is 11.1 Å². The van der Waals surface area contributed by atoms with Gasteiger partial charge in [0.2, 0.25) is 5.91 Å². The molecular formula is C18H20N4O3. The molecule has 7 nitrogen and oxygen atoms in total. The van der Waals surface area contributed by atoms with Crippen LogP contribution in [0.25, 0.3) is 0 Å². The second-order valence-corrected chi connectivity index (χ2v) is 6.92. The number of carboxylic acid groups (broad SMARTS) is 1. The number of amides is 1. The van der Waals surface area contributed by atoms with Gasteiger partial charge < -0.3 is 10.4 Å². The summed E-state index contributed by atoms with van der Waals surface area (Å²) in [4.78, 5) is 25.7. The molecule has 130 valence electrons. The van der Waals surface area contributed by atoms with E-state index in [1.165, 1.54) is 0 Å². The van der Waals surface area contributed by atoms with Crippen molar-refractivity contribution in [3.05, 3.63) is 53.9 Å². The Labute approximate surface area is 145 Å².